The van der Waals surface area contributed by atoms with E-state index in [2.05, 4.69) is 72.5 Å². The summed E-state index contributed by atoms with van der Waals surface area (Å²) in [4.78, 5) is 22.4. The molecule has 4 aromatic rings. The minimum atomic E-state index is -0.109. The number of guanidine groups is 1. The molecule has 1 aliphatic carbocycles. The fraction of sp³-hybridized carbons (Fsp3) is 0.233. The lowest BCUT2D eigenvalue weighted by Gasteiger charge is -2.32. The fourth-order valence-electron chi connectivity index (χ4n) is 5.56. The summed E-state index contributed by atoms with van der Waals surface area (Å²) in [6, 6.07) is 29.6. The Kier molecular flexibility index (Phi) is 4.49. The van der Waals surface area contributed by atoms with Gasteiger partial charge in [-0.05, 0) is 35.6 Å². The van der Waals surface area contributed by atoms with Crippen LogP contribution in [0.4, 0.5) is 5.82 Å². The second kappa shape index (κ2) is 7.65. The van der Waals surface area contributed by atoms with E-state index < -0.39 is 0 Å². The van der Waals surface area contributed by atoms with Crippen LogP contribution in [0.5, 0.6) is 0 Å². The van der Waals surface area contributed by atoms with Crippen molar-refractivity contribution >= 4 is 17.7 Å². The minimum absolute atomic E-state index is 0.0264. The number of nitrogens with zero attached hydrogens (tertiary/aromatic N) is 5. The molecule has 3 heterocycles. The lowest BCUT2D eigenvalue weighted by atomic mass is 10.0. The van der Waals surface area contributed by atoms with Gasteiger partial charge in [0.2, 0.25) is 5.96 Å². The summed E-state index contributed by atoms with van der Waals surface area (Å²) in [5.41, 5.74) is 6.24. The van der Waals surface area contributed by atoms with Crippen LogP contribution < -0.4 is 4.90 Å². The highest BCUT2D eigenvalue weighted by Crippen LogP contribution is 2.52. The first-order chi connectivity index (χ1) is 17.5. The molecular formula is C30H27N5O. The van der Waals surface area contributed by atoms with Crippen molar-refractivity contribution in [2.45, 2.75) is 37.9 Å². The molecule has 36 heavy (non-hydrogen) atoms. The maximum absolute atomic E-state index is 13.6. The number of aromatic nitrogens is 2. The highest BCUT2D eigenvalue weighted by molar-refractivity contribution is 6.20. The van der Waals surface area contributed by atoms with Crippen LogP contribution in [0.2, 0.25) is 0 Å². The molecule has 1 unspecified atom stereocenters. The van der Waals surface area contributed by atoms with Crippen LogP contribution in [0.15, 0.2) is 89.9 Å². The molecule has 6 nitrogen and oxygen atoms in total. The van der Waals surface area contributed by atoms with Crippen molar-refractivity contribution in [2.24, 2.45) is 4.99 Å². The van der Waals surface area contributed by atoms with Gasteiger partial charge in [0.05, 0.1) is 23.8 Å². The van der Waals surface area contributed by atoms with Crippen LogP contribution in [0.25, 0.3) is 11.1 Å². The summed E-state index contributed by atoms with van der Waals surface area (Å²) in [6.45, 7) is 2.76. The quantitative estimate of drug-likeness (QED) is 0.411. The number of amides is 1. The summed E-state index contributed by atoms with van der Waals surface area (Å²) in [5, 5.41) is 5.07. The van der Waals surface area contributed by atoms with Crippen molar-refractivity contribution in [3.63, 3.8) is 0 Å². The molecule has 1 fully saturated rings. The standard InChI is InChI=1S/C30H27N5O/c1-30-18-25(30)35-27-26(28(36)33(2)29(35)31-30)24(17-20-9-5-3-6-10-20)34(32-27)19-21-13-15-23(16-14-21)22-11-7-4-8-12-22/h3-16,25H,17-19H2,1-2H3/t25?,30-/m1/s1. The number of aliphatic imine (C=N–C) groups is 1. The summed E-state index contributed by atoms with van der Waals surface area (Å²) in [5.74, 6) is 1.46. The number of fused-ring (bicyclic) bond motifs is 5. The number of hydrogen-bond donors (Lipinski definition) is 0. The lowest BCUT2D eigenvalue weighted by molar-refractivity contribution is 0.0864. The van der Waals surface area contributed by atoms with Crippen LogP contribution in [-0.4, -0.2) is 45.2 Å². The Morgan fingerprint density at radius 3 is 2.28 bits per heavy atom. The first-order valence-corrected chi connectivity index (χ1v) is 12.5. The number of benzene rings is 3. The van der Waals surface area contributed by atoms with Gasteiger partial charge in [-0.25, -0.2) is 4.99 Å². The smallest absolute Gasteiger partial charge is 0.266 e. The number of hydrogen-bond acceptors (Lipinski definition) is 4. The molecule has 6 heteroatoms. The SMILES string of the molecule is CN1C(=O)c2c(nn(Cc3ccc(-c4ccccc4)cc3)c2Cc2ccccc2)N2C1=N[C@]1(C)CC21. The summed E-state index contributed by atoms with van der Waals surface area (Å²) in [7, 11) is 1.83. The number of carbonyl (C=O) groups excluding carboxylic acids is 1. The molecule has 0 bridgehead atoms. The molecule has 1 aromatic heterocycles. The van der Waals surface area contributed by atoms with Crippen molar-refractivity contribution in [3.8, 4) is 11.1 Å². The molecule has 1 amide bonds. The van der Waals surface area contributed by atoms with Crippen molar-refractivity contribution in [1.29, 1.82) is 0 Å². The average molecular weight is 474 g/mol. The second-order valence-electron chi connectivity index (χ2n) is 10.3. The van der Waals surface area contributed by atoms with Crippen LogP contribution >= 0.6 is 0 Å². The molecule has 1 saturated carbocycles. The Balaban J connectivity index is 1.30. The van der Waals surface area contributed by atoms with Gasteiger partial charge in [0.1, 0.15) is 5.56 Å². The summed E-state index contributed by atoms with van der Waals surface area (Å²) in [6.07, 6.45) is 1.65. The zero-order chi connectivity index (χ0) is 24.4. The minimum Gasteiger partial charge on any atom is -0.289 e. The molecule has 0 N–H and O–H groups in total. The molecular weight excluding hydrogens is 446 g/mol. The molecule has 2 atom stereocenters. The van der Waals surface area contributed by atoms with Gasteiger partial charge >= 0.3 is 0 Å². The molecule has 3 aliphatic rings. The molecule has 7 rings (SSSR count). The first kappa shape index (κ1) is 21.1. The van der Waals surface area contributed by atoms with E-state index in [1.165, 1.54) is 11.1 Å². The molecule has 178 valence electrons. The molecule has 0 saturated heterocycles. The Hall–Kier alpha value is -4.19. The van der Waals surface area contributed by atoms with Gasteiger partial charge in [0, 0.05) is 13.5 Å². The highest BCUT2D eigenvalue weighted by atomic mass is 16.2. The molecule has 2 aliphatic heterocycles. The van der Waals surface area contributed by atoms with Gasteiger partial charge in [-0.2, -0.15) is 5.10 Å². The third-order valence-electron chi connectivity index (χ3n) is 7.74. The van der Waals surface area contributed by atoms with Crippen molar-refractivity contribution in [3.05, 3.63) is 107 Å². The molecule has 0 spiro atoms. The van der Waals surface area contributed by atoms with E-state index in [1.807, 2.05) is 36.0 Å². The van der Waals surface area contributed by atoms with Gasteiger partial charge in [-0.15, -0.1) is 0 Å². The molecule has 3 aromatic carbocycles. The normalized spacial score (nSPS) is 21.7. The third kappa shape index (κ3) is 3.21. The van der Waals surface area contributed by atoms with Crippen LogP contribution in [-0.2, 0) is 13.0 Å². The number of anilines is 1. The zero-order valence-corrected chi connectivity index (χ0v) is 20.4. The predicted octanol–water partition coefficient (Wildman–Crippen LogP) is 4.98. The third-order valence-corrected chi connectivity index (χ3v) is 7.74. The van der Waals surface area contributed by atoms with Crippen molar-refractivity contribution < 1.29 is 4.79 Å². The van der Waals surface area contributed by atoms with Gasteiger partial charge in [0.15, 0.2) is 5.82 Å². The van der Waals surface area contributed by atoms with Gasteiger partial charge in [0.25, 0.3) is 5.91 Å². The lowest BCUT2D eigenvalue weighted by Crippen LogP contribution is -2.49. The van der Waals surface area contributed by atoms with E-state index in [-0.39, 0.29) is 17.5 Å². The van der Waals surface area contributed by atoms with E-state index in [0.717, 1.165) is 35.0 Å². The number of rotatable bonds is 5. The second-order valence-corrected chi connectivity index (χ2v) is 10.3. The van der Waals surface area contributed by atoms with Gasteiger partial charge in [-0.3, -0.25) is 19.3 Å². The summed E-state index contributed by atoms with van der Waals surface area (Å²) < 4.78 is 2.03. The first-order valence-electron chi connectivity index (χ1n) is 12.5. The topological polar surface area (TPSA) is 53.7 Å². The van der Waals surface area contributed by atoms with Gasteiger partial charge < -0.3 is 0 Å². The fourth-order valence-corrected chi connectivity index (χ4v) is 5.56. The van der Waals surface area contributed by atoms with Crippen molar-refractivity contribution in [1.82, 2.24) is 14.7 Å². The Bertz CT molecular complexity index is 1510. The highest BCUT2D eigenvalue weighted by Gasteiger charge is 2.63. The van der Waals surface area contributed by atoms with Crippen LogP contribution in [0, 0.1) is 0 Å². The Morgan fingerprint density at radius 2 is 1.56 bits per heavy atom. The maximum Gasteiger partial charge on any atom is 0.266 e. The maximum atomic E-state index is 13.6. The van der Waals surface area contributed by atoms with E-state index in [4.69, 9.17) is 10.1 Å². The largest absolute Gasteiger partial charge is 0.289 e. The van der Waals surface area contributed by atoms with Crippen LogP contribution in [0.1, 0.15) is 40.5 Å². The monoisotopic (exact) mass is 473 g/mol. The summed E-state index contributed by atoms with van der Waals surface area (Å²) >= 11 is 0. The predicted molar refractivity (Wildman–Crippen MR) is 141 cm³/mol. The van der Waals surface area contributed by atoms with Crippen LogP contribution in [0.3, 0.4) is 0 Å². The average Bonchev–Trinajstić information content (AvgIpc) is 3.29. The molecule has 0 radical (unpaired) electrons. The van der Waals surface area contributed by atoms with E-state index in [9.17, 15) is 4.79 Å². The number of carbonyl (C=O) groups is 1. The van der Waals surface area contributed by atoms with E-state index in [1.54, 1.807) is 4.90 Å². The Morgan fingerprint density at radius 1 is 0.889 bits per heavy atom. The van der Waals surface area contributed by atoms with E-state index >= 15 is 0 Å². The van der Waals surface area contributed by atoms with Crippen molar-refractivity contribution in [2.75, 3.05) is 11.9 Å². The zero-order valence-electron chi connectivity index (χ0n) is 20.4. The van der Waals surface area contributed by atoms with Gasteiger partial charge in [-0.1, -0.05) is 84.9 Å². The van der Waals surface area contributed by atoms with E-state index in [0.29, 0.717) is 18.5 Å². The Labute approximate surface area is 210 Å².